The molecule has 0 aromatic rings. The zero-order chi connectivity index (χ0) is 13.0. The van der Waals surface area contributed by atoms with Crippen molar-refractivity contribution < 1.29 is 4.79 Å². The van der Waals surface area contributed by atoms with E-state index in [1.165, 1.54) is 0 Å². The summed E-state index contributed by atoms with van der Waals surface area (Å²) >= 11 is 0. The molecule has 1 amide bonds. The second-order valence-corrected chi connectivity index (χ2v) is 6.61. The summed E-state index contributed by atoms with van der Waals surface area (Å²) in [6.45, 7) is 14.6. The van der Waals surface area contributed by atoms with Gasteiger partial charge in [-0.15, -0.1) is 0 Å². The van der Waals surface area contributed by atoms with Gasteiger partial charge in [-0.2, -0.15) is 5.10 Å². The van der Waals surface area contributed by atoms with E-state index in [9.17, 15) is 4.79 Å². The zero-order valence-corrected chi connectivity index (χ0v) is 11.7. The Balaban J connectivity index is 4.26. The highest BCUT2D eigenvalue weighted by molar-refractivity contribution is 5.78. The van der Waals surface area contributed by atoms with Crippen LogP contribution in [0.1, 0.15) is 54.9 Å². The van der Waals surface area contributed by atoms with Gasteiger partial charge in [0, 0.05) is 17.5 Å². The Labute approximate surface area is 99.7 Å². The molecular weight excluding hydrogens is 200 g/mol. The Hall–Kier alpha value is -0.860. The van der Waals surface area contributed by atoms with E-state index in [4.69, 9.17) is 0 Å². The molecule has 3 heteroatoms. The molecule has 0 aliphatic rings. The summed E-state index contributed by atoms with van der Waals surface area (Å²) in [7, 11) is 0. The maximum absolute atomic E-state index is 11.3. The molecule has 0 heterocycles. The van der Waals surface area contributed by atoms with Crippen LogP contribution in [0.2, 0.25) is 0 Å². The van der Waals surface area contributed by atoms with Gasteiger partial charge in [-0.05, 0) is 11.8 Å². The third-order valence-electron chi connectivity index (χ3n) is 2.10. The van der Waals surface area contributed by atoms with Crippen LogP contribution in [0.15, 0.2) is 5.10 Å². The van der Waals surface area contributed by atoms with Crippen LogP contribution in [-0.4, -0.2) is 12.1 Å². The van der Waals surface area contributed by atoms with Gasteiger partial charge in [0.15, 0.2) is 0 Å². The van der Waals surface area contributed by atoms with Gasteiger partial charge < -0.3 is 0 Å². The standard InChI is InChI=1S/C13H26N2O/c1-10(2)11(16)15-14-9-13(6,7)8-12(3,4)5/h9-10H,8H2,1-7H3,(H,15,16)/b14-9+. The van der Waals surface area contributed by atoms with Gasteiger partial charge in [0.25, 0.3) is 0 Å². The highest BCUT2D eigenvalue weighted by Gasteiger charge is 2.23. The summed E-state index contributed by atoms with van der Waals surface area (Å²) in [5.74, 6) is -0.0642. The summed E-state index contributed by atoms with van der Waals surface area (Å²) in [5.41, 5.74) is 2.82. The lowest BCUT2D eigenvalue weighted by Crippen LogP contribution is -2.26. The van der Waals surface area contributed by atoms with Crippen molar-refractivity contribution in [2.75, 3.05) is 0 Å². The van der Waals surface area contributed by atoms with E-state index in [0.717, 1.165) is 6.42 Å². The normalized spacial score (nSPS) is 13.5. The lowest BCUT2D eigenvalue weighted by atomic mass is 9.77. The van der Waals surface area contributed by atoms with Gasteiger partial charge in [-0.3, -0.25) is 4.79 Å². The second kappa shape index (κ2) is 5.46. The van der Waals surface area contributed by atoms with Crippen LogP contribution in [0.5, 0.6) is 0 Å². The number of hydrogen-bond donors (Lipinski definition) is 1. The summed E-state index contributed by atoms with van der Waals surface area (Å²) in [4.78, 5) is 11.3. The highest BCUT2D eigenvalue weighted by atomic mass is 16.2. The molecule has 94 valence electrons. The van der Waals surface area contributed by atoms with Crippen LogP contribution in [0.4, 0.5) is 0 Å². The Bertz CT molecular complexity index is 260. The third kappa shape index (κ3) is 7.43. The first kappa shape index (κ1) is 15.1. The molecule has 1 N–H and O–H groups in total. The summed E-state index contributed by atoms with van der Waals surface area (Å²) in [6, 6.07) is 0. The number of nitrogens with one attached hydrogen (secondary N) is 1. The quantitative estimate of drug-likeness (QED) is 0.580. The maximum atomic E-state index is 11.3. The number of hydrazone groups is 1. The molecule has 0 fully saturated rings. The molecular formula is C13H26N2O. The predicted octanol–water partition coefficient (Wildman–Crippen LogP) is 3.21. The fourth-order valence-electron chi connectivity index (χ4n) is 1.81. The molecule has 0 atom stereocenters. The average Bonchev–Trinajstić information content (AvgIpc) is 1.98. The smallest absolute Gasteiger partial charge is 0.242 e. The fraction of sp³-hybridized carbons (Fsp3) is 0.846. The van der Waals surface area contributed by atoms with Crippen LogP contribution >= 0.6 is 0 Å². The Morgan fingerprint density at radius 2 is 1.75 bits per heavy atom. The minimum Gasteiger partial charge on any atom is -0.273 e. The van der Waals surface area contributed by atoms with Crippen LogP contribution in [0.3, 0.4) is 0 Å². The SMILES string of the molecule is CC(C)C(=O)N/N=C/C(C)(C)CC(C)(C)C. The van der Waals surface area contributed by atoms with Gasteiger partial charge in [0.05, 0.1) is 0 Å². The van der Waals surface area contributed by atoms with Crippen molar-refractivity contribution in [3.8, 4) is 0 Å². The van der Waals surface area contributed by atoms with Crippen molar-refractivity contribution in [1.29, 1.82) is 0 Å². The summed E-state index contributed by atoms with van der Waals surface area (Å²) in [5, 5.41) is 4.02. The molecule has 0 saturated heterocycles. The van der Waals surface area contributed by atoms with Gasteiger partial charge in [-0.25, -0.2) is 5.43 Å². The largest absolute Gasteiger partial charge is 0.273 e. The van der Waals surface area contributed by atoms with E-state index in [1.807, 2.05) is 20.1 Å². The third-order valence-corrected chi connectivity index (χ3v) is 2.10. The Morgan fingerprint density at radius 1 is 1.25 bits per heavy atom. The van der Waals surface area contributed by atoms with E-state index >= 15 is 0 Å². The number of carbonyl (C=O) groups excluding carboxylic acids is 1. The average molecular weight is 226 g/mol. The van der Waals surface area contributed by atoms with E-state index in [0.29, 0.717) is 0 Å². The number of carbonyl (C=O) groups is 1. The number of rotatable bonds is 4. The molecule has 0 radical (unpaired) electrons. The zero-order valence-electron chi connectivity index (χ0n) is 11.7. The monoisotopic (exact) mass is 226 g/mol. The molecule has 3 nitrogen and oxygen atoms in total. The Kier molecular flexibility index (Phi) is 5.17. The molecule has 0 unspecified atom stereocenters. The molecule has 0 aliphatic carbocycles. The first-order valence-electron chi connectivity index (χ1n) is 5.88. The van der Waals surface area contributed by atoms with Gasteiger partial charge in [-0.1, -0.05) is 48.5 Å². The lowest BCUT2D eigenvalue weighted by molar-refractivity contribution is -0.123. The number of amides is 1. The van der Waals surface area contributed by atoms with E-state index in [2.05, 4.69) is 45.1 Å². The molecule has 16 heavy (non-hydrogen) atoms. The van der Waals surface area contributed by atoms with E-state index in [1.54, 1.807) is 0 Å². The maximum Gasteiger partial charge on any atom is 0.242 e. The van der Waals surface area contributed by atoms with E-state index < -0.39 is 0 Å². The number of nitrogens with zero attached hydrogens (tertiary/aromatic N) is 1. The second-order valence-electron chi connectivity index (χ2n) is 6.61. The highest BCUT2D eigenvalue weighted by Crippen LogP contribution is 2.31. The van der Waals surface area contributed by atoms with Crippen LogP contribution in [0, 0.1) is 16.7 Å². The van der Waals surface area contributed by atoms with Crippen molar-refractivity contribution in [2.45, 2.75) is 54.9 Å². The predicted molar refractivity (Wildman–Crippen MR) is 69.3 cm³/mol. The molecule has 0 aliphatic heterocycles. The van der Waals surface area contributed by atoms with Crippen molar-refractivity contribution in [3.05, 3.63) is 0 Å². The van der Waals surface area contributed by atoms with Crippen molar-refractivity contribution in [3.63, 3.8) is 0 Å². The minimum atomic E-state index is -0.0391. The molecule has 0 aromatic carbocycles. The Morgan fingerprint density at radius 3 is 2.12 bits per heavy atom. The topological polar surface area (TPSA) is 41.5 Å². The fourth-order valence-corrected chi connectivity index (χ4v) is 1.81. The lowest BCUT2D eigenvalue weighted by Gasteiger charge is -2.28. The summed E-state index contributed by atoms with van der Waals surface area (Å²) < 4.78 is 0. The summed E-state index contributed by atoms with van der Waals surface area (Å²) in [6.07, 6.45) is 2.86. The van der Waals surface area contributed by atoms with Crippen LogP contribution in [0.25, 0.3) is 0 Å². The van der Waals surface area contributed by atoms with Gasteiger partial charge >= 0.3 is 0 Å². The van der Waals surface area contributed by atoms with Crippen molar-refractivity contribution in [2.24, 2.45) is 21.8 Å². The van der Waals surface area contributed by atoms with Gasteiger partial charge in [0.1, 0.15) is 0 Å². The van der Waals surface area contributed by atoms with Crippen molar-refractivity contribution >= 4 is 12.1 Å². The molecule has 0 spiro atoms. The van der Waals surface area contributed by atoms with Crippen LogP contribution < -0.4 is 5.43 Å². The molecule has 0 bridgehead atoms. The number of hydrogen-bond acceptors (Lipinski definition) is 2. The van der Waals surface area contributed by atoms with Crippen LogP contribution in [-0.2, 0) is 4.79 Å². The van der Waals surface area contributed by atoms with Crippen molar-refractivity contribution in [1.82, 2.24) is 5.43 Å². The van der Waals surface area contributed by atoms with E-state index in [-0.39, 0.29) is 22.7 Å². The van der Waals surface area contributed by atoms with Gasteiger partial charge in [0.2, 0.25) is 5.91 Å². The first-order chi connectivity index (χ1) is 7.03. The first-order valence-corrected chi connectivity index (χ1v) is 5.88. The molecule has 0 saturated carbocycles. The minimum absolute atomic E-state index is 0.00249. The molecule has 0 aromatic heterocycles. The molecule has 0 rings (SSSR count).